The molecule has 4 heterocycles. The lowest BCUT2D eigenvalue weighted by molar-refractivity contribution is 0.0884. The Morgan fingerprint density at radius 3 is 2.65 bits per heavy atom. The topological polar surface area (TPSA) is 138 Å². The van der Waals surface area contributed by atoms with Gasteiger partial charge in [-0.3, -0.25) is 9.67 Å². The zero-order chi connectivity index (χ0) is 23.9. The number of aromatic nitrogens is 5. The number of sulfone groups is 1. The molecule has 10 heteroatoms. The van der Waals surface area contributed by atoms with Gasteiger partial charge in [-0.05, 0) is 49.2 Å². The van der Waals surface area contributed by atoms with Gasteiger partial charge in [0.05, 0.1) is 41.2 Å². The SMILES string of the molecule is CS(=O)(=O)c1ccc(-c2cc3ncccc3c(-c3ccn(C4(CC#N)CC(C#N)C4)n3)n2)cn1. The molecule has 1 aliphatic rings. The summed E-state index contributed by atoms with van der Waals surface area (Å²) in [7, 11) is -3.41. The molecule has 1 saturated carbocycles. The lowest BCUT2D eigenvalue weighted by Gasteiger charge is -2.43. The fourth-order valence-corrected chi connectivity index (χ4v) is 4.95. The number of fused-ring (bicyclic) bond motifs is 1. The number of rotatable bonds is 5. The number of hydrogen-bond acceptors (Lipinski definition) is 8. The molecule has 4 aromatic rings. The van der Waals surface area contributed by atoms with E-state index in [1.807, 2.05) is 30.5 Å². The van der Waals surface area contributed by atoms with Crippen LogP contribution in [0.2, 0.25) is 0 Å². The van der Waals surface area contributed by atoms with Crippen molar-refractivity contribution in [3.63, 3.8) is 0 Å². The monoisotopic (exact) mass is 469 g/mol. The Bertz CT molecular complexity index is 1590. The number of hydrogen-bond donors (Lipinski definition) is 0. The molecule has 0 aliphatic heterocycles. The maximum Gasteiger partial charge on any atom is 0.192 e. The number of nitrogens with zero attached hydrogens (tertiary/aromatic N) is 7. The molecular weight excluding hydrogens is 450 g/mol. The first-order valence-electron chi connectivity index (χ1n) is 10.6. The molecule has 4 aromatic heterocycles. The summed E-state index contributed by atoms with van der Waals surface area (Å²) >= 11 is 0. The summed E-state index contributed by atoms with van der Waals surface area (Å²) in [6, 6.07) is 15.0. The summed E-state index contributed by atoms with van der Waals surface area (Å²) in [5.74, 6) is -0.0742. The smallest absolute Gasteiger partial charge is 0.192 e. The second kappa shape index (κ2) is 8.01. The molecule has 0 aromatic carbocycles. The highest BCUT2D eigenvalue weighted by Crippen LogP contribution is 2.46. The van der Waals surface area contributed by atoms with Crippen LogP contribution in [0.15, 0.2) is 60.0 Å². The van der Waals surface area contributed by atoms with Gasteiger partial charge in [-0.2, -0.15) is 15.6 Å². The Balaban J connectivity index is 1.60. The molecule has 0 spiro atoms. The molecule has 0 unspecified atom stereocenters. The van der Waals surface area contributed by atoms with Gasteiger partial charge in [0, 0.05) is 35.8 Å². The molecule has 34 heavy (non-hydrogen) atoms. The average Bonchev–Trinajstić information content (AvgIpc) is 3.30. The van der Waals surface area contributed by atoms with E-state index in [4.69, 9.17) is 10.1 Å². The van der Waals surface area contributed by atoms with Gasteiger partial charge in [0.15, 0.2) is 14.9 Å². The molecule has 1 aliphatic carbocycles. The summed E-state index contributed by atoms with van der Waals surface area (Å²) in [5, 5.41) is 24.1. The molecule has 168 valence electrons. The Morgan fingerprint density at radius 1 is 1.15 bits per heavy atom. The van der Waals surface area contributed by atoms with Crippen LogP contribution in [-0.2, 0) is 15.4 Å². The maximum atomic E-state index is 11.8. The first-order chi connectivity index (χ1) is 16.3. The van der Waals surface area contributed by atoms with E-state index in [-0.39, 0.29) is 17.4 Å². The Morgan fingerprint density at radius 2 is 1.97 bits per heavy atom. The lowest BCUT2D eigenvalue weighted by Crippen LogP contribution is -2.46. The van der Waals surface area contributed by atoms with Crippen molar-refractivity contribution in [1.82, 2.24) is 24.7 Å². The van der Waals surface area contributed by atoms with Crippen LogP contribution in [0.1, 0.15) is 19.3 Å². The summed E-state index contributed by atoms with van der Waals surface area (Å²) < 4.78 is 25.3. The van der Waals surface area contributed by atoms with Crippen molar-refractivity contribution in [3.8, 4) is 34.8 Å². The van der Waals surface area contributed by atoms with Crippen molar-refractivity contribution in [2.45, 2.75) is 29.8 Å². The van der Waals surface area contributed by atoms with E-state index in [0.717, 1.165) is 11.6 Å². The number of nitriles is 2. The fraction of sp³-hybridized carbons (Fsp3) is 0.250. The third kappa shape index (κ3) is 3.68. The van der Waals surface area contributed by atoms with Crippen molar-refractivity contribution >= 4 is 20.7 Å². The van der Waals surface area contributed by atoms with Crippen LogP contribution in [0.4, 0.5) is 0 Å². The molecule has 0 N–H and O–H groups in total. The molecule has 5 rings (SSSR count). The van der Waals surface area contributed by atoms with Gasteiger partial charge < -0.3 is 0 Å². The minimum atomic E-state index is -3.41. The summed E-state index contributed by atoms with van der Waals surface area (Å²) in [6.45, 7) is 0. The Kier molecular flexibility index (Phi) is 5.11. The van der Waals surface area contributed by atoms with Gasteiger partial charge >= 0.3 is 0 Å². The van der Waals surface area contributed by atoms with E-state index in [9.17, 15) is 18.9 Å². The third-order valence-corrected chi connectivity index (χ3v) is 7.17. The van der Waals surface area contributed by atoms with E-state index in [0.29, 0.717) is 41.0 Å². The number of pyridine rings is 3. The van der Waals surface area contributed by atoms with Crippen molar-refractivity contribution in [2.24, 2.45) is 5.92 Å². The minimum Gasteiger partial charge on any atom is -0.265 e. The van der Waals surface area contributed by atoms with Gasteiger partial charge in [0.1, 0.15) is 11.4 Å². The second-order valence-electron chi connectivity index (χ2n) is 8.52. The minimum absolute atomic E-state index is 0.00640. The van der Waals surface area contributed by atoms with E-state index in [2.05, 4.69) is 22.1 Å². The van der Waals surface area contributed by atoms with E-state index >= 15 is 0 Å². The summed E-state index contributed by atoms with van der Waals surface area (Å²) in [6.07, 6.45) is 7.58. The van der Waals surface area contributed by atoms with Gasteiger partial charge in [0.25, 0.3) is 0 Å². The third-order valence-electron chi connectivity index (χ3n) is 6.17. The Hall–Kier alpha value is -4.15. The standard InChI is InChI=1S/C24H19N7O2S/c1-34(32,33)22-5-4-17(15-28-22)20-11-21-18(3-2-9-27-21)23(29-20)19-6-10-31(30-19)24(7-8-25)12-16(13-24)14-26/h2-6,9-11,15-16H,7,12-13H2,1H3. The molecule has 1 fully saturated rings. The largest absolute Gasteiger partial charge is 0.265 e. The zero-order valence-corrected chi connectivity index (χ0v) is 19.1. The van der Waals surface area contributed by atoms with Crippen molar-refractivity contribution in [2.75, 3.05) is 6.26 Å². The molecule has 0 bridgehead atoms. The van der Waals surface area contributed by atoms with Crippen molar-refractivity contribution in [3.05, 3.63) is 55.0 Å². The predicted molar refractivity (Wildman–Crippen MR) is 124 cm³/mol. The van der Waals surface area contributed by atoms with Crippen LogP contribution in [0.25, 0.3) is 33.5 Å². The highest BCUT2D eigenvalue weighted by atomic mass is 32.2. The van der Waals surface area contributed by atoms with E-state index < -0.39 is 15.4 Å². The van der Waals surface area contributed by atoms with E-state index in [1.54, 1.807) is 16.9 Å². The molecule has 9 nitrogen and oxygen atoms in total. The second-order valence-corrected chi connectivity index (χ2v) is 10.5. The highest BCUT2D eigenvalue weighted by molar-refractivity contribution is 7.90. The van der Waals surface area contributed by atoms with Crippen molar-refractivity contribution in [1.29, 1.82) is 10.5 Å². The predicted octanol–water partition coefficient (Wildman–Crippen LogP) is 3.50. The highest BCUT2D eigenvalue weighted by Gasteiger charge is 2.46. The molecule has 0 atom stereocenters. The summed E-state index contributed by atoms with van der Waals surface area (Å²) in [4.78, 5) is 13.4. The lowest BCUT2D eigenvalue weighted by atomic mass is 9.67. The van der Waals surface area contributed by atoms with Crippen molar-refractivity contribution < 1.29 is 8.42 Å². The zero-order valence-electron chi connectivity index (χ0n) is 18.3. The fourth-order valence-electron chi connectivity index (χ4n) is 4.39. The van der Waals surface area contributed by atoms with Crippen LogP contribution in [0.5, 0.6) is 0 Å². The van der Waals surface area contributed by atoms with Gasteiger partial charge in [-0.1, -0.05) is 0 Å². The Labute approximate surface area is 196 Å². The van der Waals surface area contributed by atoms with Gasteiger partial charge in [0.2, 0.25) is 0 Å². The van der Waals surface area contributed by atoms with Crippen LogP contribution in [0, 0.1) is 28.6 Å². The molecule has 0 amide bonds. The first-order valence-corrected chi connectivity index (χ1v) is 12.5. The maximum absolute atomic E-state index is 11.8. The quantitative estimate of drug-likeness (QED) is 0.433. The average molecular weight is 470 g/mol. The van der Waals surface area contributed by atoms with Crippen LogP contribution in [0.3, 0.4) is 0 Å². The summed E-state index contributed by atoms with van der Waals surface area (Å²) in [5.41, 5.74) is 2.71. The first kappa shape index (κ1) is 21.7. The van der Waals surface area contributed by atoms with E-state index in [1.165, 1.54) is 12.3 Å². The molecular formula is C24H19N7O2S. The normalized spacial score (nSPS) is 19.8. The van der Waals surface area contributed by atoms with Crippen LogP contribution < -0.4 is 0 Å². The van der Waals surface area contributed by atoms with Gasteiger partial charge in [-0.25, -0.2) is 18.4 Å². The van der Waals surface area contributed by atoms with Gasteiger partial charge in [-0.15, -0.1) is 0 Å². The van der Waals surface area contributed by atoms with Crippen LogP contribution >= 0.6 is 0 Å². The van der Waals surface area contributed by atoms with Crippen LogP contribution in [-0.4, -0.2) is 39.4 Å². The molecule has 0 radical (unpaired) electrons. The molecule has 0 saturated heterocycles.